The summed E-state index contributed by atoms with van der Waals surface area (Å²) in [5.74, 6) is 1.63. The van der Waals surface area contributed by atoms with E-state index < -0.39 is 0 Å². The third-order valence-corrected chi connectivity index (χ3v) is 2.82. The van der Waals surface area contributed by atoms with Crippen molar-refractivity contribution in [1.82, 2.24) is 14.8 Å². The Morgan fingerprint density at radius 2 is 2.05 bits per heavy atom. The minimum absolute atomic E-state index is 0.167. The standard InChI is InChI=1S/C14H19N3O2/c1-2-8-17-14(15-11-16-17)10-19-13-5-3-12(4-6-13)7-9-18/h3-6,11,18H,2,7-10H2,1H3. The third kappa shape index (κ3) is 3.79. The Bertz CT molecular complexity index is 494. The largest absolute Gasteiger partial charge is 0.486 e. The molecule has 5 heteroatoms. The van der Waals surface area contributed by atoms with Gasteiger partial charge in [-0.3, -0.25) is 0 Å². The summed E-state index contributed by atoms with van der Waals surface area (Å²) in [4.78, 5) is 4.19. The summed E-state index contributed by atoms with van der Waals surface area (Å²) in [6, 6.07) is 7.74. The molecular formula is C14H19N3O2. The van der Waals surface area contributed by atoms with E-state index in [2.05, 4.69) is 17.0 Å². The van der Waals surface area contributed by atoms with Crippen LogP contribution in [0.25, 0.3) is 0 Å². The van der Waals surface area contributed by atoms with E-state index in [1.807, 2.05) is 28.9 Å². The van der Waals surface area contributed by atoms with Crippen LogP contribution < -0.4 is 4.74 Å². The summed E-state index contributed by atoms with van der Waals surface area (Å²) in [5, 5.41) is 13.0. The number of aryl methyl sites for hydroxylation is 1. The van der Waals surface area contributed by atoms with Gasteiger partial charge in [0.1, 0.15) is 18.7 Å². The number of hydrogen-bond acceptors (Lipinski definition) is 4. The summed E-state index contributed by atoms with van der Waals surface area (Å²) in [6.45, 7) is 3.54. The second-order valence-corrected chi connectivity index (χ2v) is 4.31. The van der Waals surface area contributed by atoms with E-state index >= 15 is 0 Å². The number of aliphatic hydroxyl groups is 1. The highest BCUT2D eigenvalue weighted by Gasteiger charge is 2.04. The van der Waals surface area contributed by atoms with Crippen LogP contribution in [0.15, 0.2) is 30.6 Å². The van der Waals surface area contributed by atoms with Crippen molar-refractivity contribution in [2.24, 2.45) is 0 Å². The van der Waals surface area contributed by atoms with Crippen molar-refractivity contribution < 1.29 is 9.84 Å². The lowest BCUT2D eigenvalue weighted by atomic mass is 10.1. The zero-order valence-corrected chi connectivity index (χ0v) is 11.1. The highest BCUT2D eigenvalue weighted by atomic mass is 16.5. The molecule has 0 bridgehead atoms. The minimum atomic E-state index is 0.167. The van der Waals surface area contributed by atoms with Gasteiger partial charge in [-0.1, -0.05) is 19.1 Å². The molecule has 0 fully saturated rings. The molecule has 0 aliphatic carbocycles. The average Bonchev–Trinajstić information content (AvgIpc) is 2.86. The van der Waals surface area contributed by atoms with Crippen LogP contribution in [0.1, 0.15) is 24.7 Å². The van der Waals surface area contributed by atoms with Crippen molar-refractivity contribution in [1.29, 1.82) is 0 Å². The predicted molar refractivity (Wildman–Crippen MR) is 71.9 cm³/mol. The number of rotatable bonds is 7. The maximum atomic E-state index is 8.85. The molecule has 0 amide bonds. The molecule has 102 valence electrons. The highest BCUT2D eigenvalue weighted by molar-refractivity contribution is 5.27. The van der Waals surface area contributed by atoms with Crippen molar-refractivity contribution in [2.75, 3.05) is 6.61 Å². The highest BCUT2D eigenvalue weighted by Crippen LogP contribution is 2.14. The summed E-state index contributed by atoms with van der Waals surface area (Å²) in [7, 11) is 0. The third-order valence-electron chi connectivity index (χ3n) is 2.82. The first kappa shape index (κ1) is 13.5. The van der Waals surface area contributed by atoms with Crippen LogP contribution in [-0.2, 0) is 19.6 Å². The Morgan fingerprint density at radius 1 is 1.26 bits per heavy atom. The first-order valence-corrected chi connectivity index (χ1v) is 6.52. The van der Waals surface area contributed by atoms with E-state index in [1.54, 1.807) is 6.33 Å². The SMILES string of the molecule is CCCn1ncnc1COc1ccc(CCO)cc1. The van der Waals surface area contributed by atoms with E-state index in [-0.39, 0.29) is 6.61 Å². The molecule has 19 heavy (non-hydrogen) atoms. The minimum Gasteiger partial charge on any atom is -0.486 e. The van der Waals surface area contributed by atoms with E-state index in [0.29, 0.717) is 13.0 Å². The number of benzene rings is 1. The lowest BCUT2D eigenvalue weighted by Crippen LogP contribution is -2.08. The van der Waals surface area contributed by atoms with Crippen molar-refractivity contribution in [3.63, 3.8) is 0 Å². The van der Waals surface area contributed by atoms with Gasteiger partial charge < -0.3 is 9.84 Å². The van der Waals surface area contributed by atoms with Crippen LogP contribution in [0, 0.1) is 0 Å². The predicted octanol–water partition coefficient (Wildman–Crippen LogP) is 1.80. The topological polar surface area (TPSA) is 60.2 Å². The number of hydrogen-bond donors (Lipinski definition) is 1. The fraction of sp³-hybridized carbons (Fsp3) is 0.429. The molecule has 0 saturated heterocycles. The van der Waals surface area contributed by atoms with Crippen LogP contribution in [0.3, 0.4) is 0 Å². The second-order valence-electron chi connectivity index (χ2n) is 4.31. The zero-order valence-electron chi connectivity index (χ0n) is 11.1. The van der Waals surface area contributed by atoms with E-state index in [1.165, 1.54) is 0 Å². The smallest absolute Gasteiger partial charge is 0.164 e. The van der Waals surface area contributed by atoms with E-state index in [4.69, 9.17) is 9.84 Å². The summed E-state index contributed by atoms with van der Waals surface area (Å²) < 4.78 is 7.55. The van der Waals surface area contributed by atoms with Crippen molar-refractivity contribution in [3.8, 4) is 5.75 Å². The quantitative estimate of drug-likeness (QED) is 0.825. The Hall–Kier alpha value is -1.88. The second kappa shape index (κ2) is 6.89. The lowest BCUT2D eigenvalue weighted by Gasteiger charge is -2.08. The molecule has 0 aliphatic heterocycles. The Morgan fingerprint density at radius 3 is 2.74 bits per heavy atom. The number of aromatic nitrogens is 3. The molecule has 0 unspecified atom stereocenters. The van der Waals surface area contributed by atoms with E-state index in [0.717, 1.165) is 30.1 Å². The average molecular weight is 261 g/mol. The monoisotopic (exact) mass is 261 g/mol. The molecular weight excluding hydrogens is 242 g/mol. The molecule has 0 atom stereocenters. The van der Waals surface area contributed by atoms with Gasteiger partial charge in [-0.15, -0.1) is 0 Å². The number of aliphatic hydroxyl groups excluding tert-OH is 1. The molecule has 0 saturated carbocycles. The van der Waals surface area contributed by atoms with Gasteiger partial charge in [0.05, 0.1) is 0 Å². The van der Waals surface area contributed by atoms with Gasteiger partial charge in [-0.05, 0) is 30.5 Å². The molecule has 2 aromatic rings. The first-order chi connectivity index (χ1) is 9.33. The maximum absolute atomic E-state index is 8.85. The fourth-order valence-corrected chi connectivity index (χ4v) is 1.83. The van der Waals surface area contributed by atoms with Gasteiger partial charge >= 0.3 is 0 Å². The van der Waals surface area contributed by atoms with E-state index in [9.17, 15) is 0 Å². The molecule has 0 radical (unpaired) electrons. The fourth-order valence-electron chi connectivity index (χ4n) is 1.83. The Labute approximate surface area is 112 Å². The van der Waals surface area contributed by atoms with Gasteiger partial charge in [-0.25, -0.2) is 9.67 Å². The number of nitrogens with zero attached hydrogens (tertiary/aromatic N) is 3. The van der Waals surface area contributed by atoms with Crippen molar-refractivity contribution >= 4 is 0 Å². The van der Waals surface area contributed by atoms with Crippen molar-refractivity contribution in [2.45, 2.75) is 32.9 Å². The van der Waals surface area contributed by atoms with Crippen LogP contribution in [-0.4, -0.2) is 26.5 Å². The molecule has 0 spiro atoms. The van der Waals surface area contributed by atoms with Gasteiger partial charge in [0.25, 0.3) is 0 Å². The van der Waals surface area contributed by atoms with Gasteiger partial charge in [-0.2, -0.15) is 5.10 Å². The van der Waals surface area contributed by atoms with Gasteiger partial charge in [0.2, 0.25) is 0 Å². The first-order valence-electron chi connectivity index (χ1n) is 6.52. The molecule has 5 nitrogen and oxygen atoms in total. The molecule has 1 aromatic heterocycles. The summed E-state index contributed by atoms with van der Waals surface area (Å²) in [6.07, 6.45) is 3.25. The molecule has 1 aromatic carbocycles. The summed E-state index contributed by atoms with van der Waals surface area (Å²) >= 11 is 0. The molecule has 2 rings (SSSR count). The lowest BCUT2D eigenvalue weighted by molar-refractivity contribution is 0.285. The van der Waals surface area contributed by atoms with Crippen LogP contribution >= 0.6 is 0 Å². The van der Waals surface area contributed by atoms with Crippen LogP contribution in [0.4, 0.5) is 0 Å². The van der Waals surface area contributed by atoms with Gasteiger partial charge in [0, 0.05) is 13.2 Å². The Balaban J connectivity index is 1.92. The summed E-state index contributed by atoms with van der Waals surface area (Å²) in [5.41, 5.74) is 1.10. The van der Waals surface area contributed by atoms with Crippen molar-refractivity contribution in [3.05, 3.63) is 42.0 Å². The molecule has 1 heterocycles. The van der Waals surface area contributed by atoms with Gasteiger partial charge in [0.15, 0.2) is 5.82 Å². The maximum Gasteiger partial charge on any atom is 0.164 e. The van der Waals surface area contributed by atoms with Crippen LogP contribution in [0.5, 0.6) is 5.75 Å². The Kier molecular flexibility index (Phi) is 4.92. The number of ether oxygens (including phenoxy) is 1. The van der Waals surface area contributed by atoms with Crippen LogP contribution in [0.2, 0.25) is 0 Å². The molecule has 1 N–H and O–H groups in total. The zero-order chi connectivity index (χ0) is 13.5. The molecule has 0 aliphatic rings. The normalized spacial score (nSPS) is 10.6.